The minimum atomic E-state index is -0.585. The van der Waals surface area contributed by atoms with E-state index in [4.69, 9.17) is 23.8 Å². The lowest BCUT2D eigenvalue weighted by atomic mass is 10.1. The highest BCUT2D eigenvalue weighted by atomic mass is 35.5. The van der Waals surface area contributed by atoms with Gasteiger partial charge in [-0.1, -0.05) is 53.8 Å². The van der Waals surface area contributed by atoms with Gasteiger partial charge in [0.15, 0.2) is 4.32 Å². The van der Waals surface area contributed by atoms with Gasteiger partial charge in [-0.2, -0.15) is 0 Å². The van der Waals surface area contributed by atoms with Gasteiger partial charge >= 0.3 is 0 Å². The van der Waals surface area contributed by atoms with Crippen LogP contribution in [-0.4, -0.2) is 20.7 Å². The summed E-state index contributed by atoms with van der Waals surface area (Å²) >= 11 is 12.4. The number of fused-ring (bicyclic) bond motifs is 1. The largest absolute Gasteiger partial charge is 0.337 e. The maximum atomic E-state index is 13.6. The zero-order chi connectivity index (χ0) is 25.4. The number of thioether (sulfide) groups is 1. The van der Waals surface area contributed by atoms with E-state index in [0.29, 0.717) is 20.6 Å². The number of thiocarbonyl (C=S) groups is 1. The molecule has 0 bridgehead atoms. The molecule has 0 spiro atoms. The summed E-state index contributed by atoms with van der Waals surface area (Å²) in [6.45, 7) is 0.0147. The van der Waals surface area contributed by atoms with Crippen molar-refractivity contribution < 1.29 is 18.4 Å². The number of hydrogen-bond donors (Lipinski definition) is 1. The average Bonchev–Trinajstić information content (AvgIpc) is 3.33. The Kier molecular flexibility index (Phi) is 6.61. The van der Waals surface area contributed by atoms with Crippen molar-refractivity contribution in [1.29, 1.82) is 0 Å². The lowest BCUT2D eigenvalue weighted by molar-refractivity contribution is -0.116. The summed E-state index contributed by atoms with van der Waals surface area (Å²) in [6.07, 6.45) is 3.51. The maximum Gasteiger partial charge on any atom is 0.270 e. The van der Waals surface area contributed by atoms with Crippen LogP contribution in [0.4, 0.5) is 20.2 Å². The van der Waals surface area contributed by atoms with E-state index in [9.17, 15) is 18.4 Å². The molecule has 5 rings (SSSR count). The van der Waals surface area contributed by atoms with E-state index >= 15 is 0 Å². The number of carbonyl (C=O) groups excluding carboxylic acids is 2. The number of halogens is 3. The Labute approximate surface area is 219 Å². The summed E-state index contributed by atoms with van der Waals surface area (Å²) in [5.41, 5.74) is 2.41. The topological polar surface area (TPSA) is 54.3 Å². The second-order valence-corrected chi connectivity index (χ2v) is 9.98. The molecular weight excluding hydrogens is 524 g/mol. The van der Waals surface area contributed by atoms with Crippen molar-refractivity contribution in [3.05, 3.63) is 100 Å². The highest BCUT2D eigenvalue weighted by molar-refractivity contribution is 8.27. The van der Waals surface area contributed by atoms with Crippen molar-refractivity contribution in [1.82, 2.24) is 4.57 Å². The van der Waals surface area contributed by atoms with Crippen molar-refractivity contribution in [2.45, 2.75) is 6.54 Å². The summed E-state index contributed by atoms with van der Waals surface area (Å²) in [5.74, 6) is -1.60. The normalized spacial score (nSPS) is 14.8. The molecule has 5 nitrogen and oxygen atoms in total. The summed E-state index contributed by atoms with van der Waals surface area (Å²) in [7, 11) is 0. The minimum Gasteiger partial charge on any atom is -0.337 e. The van der Waals surface area contributed by atoms with Gasteiger partial charge in [-0.15, -0.1) is 0 Å². The quantitative estimate of drug-likeness (QED) is 0.229. The van der Waals surface area contributed by atoms with Gasteiger partial charge in [0.25, 0.3) is 5.91 Å². The van der Waals surface area contributed by atoms with E-state index in [1.165, 1.54) is 47.4 Å². The van der Waals surface area contributed by atoms with Crippen LogP contribution < -0.4 is 10.2 Å². The lowest BCUT2D eigenvalue weighted by Crippen LogP contribution is -2.27. The molecular formula is C26H16ClF2N3O2S2. The molecule has 3 aromatic carbocycles. The van der Waals surface area contributed by atoms with Gasteiger partial charge in [-0.3, -0.25) is 14.5 Å². The first-order valence-electron chi connectivity index (χ1n) is 10.7. The molecule has 1 aromatic heterocycles. The van der Waals surface area contributed by atoms with Gasteiger partial charge in [0.1, 0.15) is 18.2 Å². The molecule has 10 heteroatoms. The van der Waals surface area contributed by atoms with E-state index in [-0.39, 0.29) is 29.2 Å². The third-order valence-corrected chi connectivity index (χ3v) is 7.09. The van der Waals surface area contributed by atoms with Gasteiger partial charge < -0.3 is 9.88 Å². The lowest BCUT2D eigenvalue weighted by Gasteiger charge is -2.14. The first kappa shape index (κ1) is 24.2. The number of amides is 2. The standard InChI is InChI=1S/C26H16ClF2N3O2S2/c27-20-12-18(9-10-21(20)29)32-25(34)23(36-26(32)35)11-15-13-31(22-4-2-1-3-19(15)22)14-24(33)30-17-7-5-16(28)6-8-17/h1-13H,14H2,(H,30,33)/b23-11-. The van der Waals surface area contributed by atoms with E-state index in [2.05, 4.69) is 5.32 Å². The number of rotatable bonds is 5. The Morgan fingerprint density at radius 2 is 1.83 bits per heavy atom. The molecule has 4 aromatic rings. The zero-order valence-electron chi connectivity index (χ0n) is 18.4. The fraction of sp³-hybridized carbons (Fsp3) is 0.0385. The van der Waals surface area contributed by atoms with Crippen LogP contribution >= 0.6 is 35.6 Å². The SMILES string of the molecule is O=C(Cn1cc(/C=C2\SC(=S)N(c3ccc(F)c(Cl)c3)C2=O)c2ccccc21)Nc1ccc(F)cc1. The fourth-order valence-corrected chi connectivity index (χ4v) is 5.33. The Morgan fingerprint density at radius 1 is 1.08 bits per heavy atom. The Balaban J connectivity index is 1.43. The molecule has 1 N–H and O–H groups in total. The van der Waals surface area contributed by atoms with Crippen LogP contribution in [0.15, 0.2) is 77.8 Å². The predicted molar refractivity (Wildman–Crippen MR) is 144 cm³/mol. The molecule has 0 saturated carbocycles. The van der Waals surface area contributed by atoms with E-state index < -0.39 is 5.82 Å². The Bertz CT molecular complexity index is 1570. The molecule has 2 amide bonds. The zero-order valence-corrected chi connectivity index (χ0v) is 20.8. The number of benzene rings is 3. The molecule has 1 saturated heterocycles. The maximum absolute atomic E-state index is 13.6. The third kappa shape index (κ3) is 4.77. The van der Waals surface area contributed by atoms with Gasteiger partial charge in [0.05, 0.1) is 15.6 Å². The van der Waals surface area contributed by atoms with E-state index in [0.717, 1.165) is 28.2 Å². The van der Waals surface area contributed by atoms with Crippen molar-refractivity contribution in [3.63, 3.8) is 0 Å². The number of hydrogen-bond acceptors (Lipinski definition) is 4. The van der Waals surface area contributed by atoms with Gasteiger partial charge in [-0.25, -0.2) is 8.78 Å². The smallest absolute Gasteiger partial charge is 0.270 e. The van der Waals surface area contributed by atoms with Crippen molar-refractivity contribution in [2.75, 3.05) is 10.2 Å². The van der Waals surface area contributed by atoms with Gasteiger partial charge in [-0.05, 0) is 54.6 Å². The first-order chi connectivity index (χ1) is 17.3. The first-order valence-corrected chi connectivity index (χ1v) is 12.3. The van der Waals surface area contributed by atoms with Crippen LogP contribution in [0, 0.1) is 11.6 Å². The van der Waals surface area contributed by atoms with Crippen LogP contribution in [0.25, 0.3) is 17.0 Å². The number of para-hydroxylation sites is 1. The molecule has 1 fully saturated rings. The highest BCUT2D eigenvalue weighted by Gasteiger charge is 2.34. The van der Waals surface area contributed by atoms with Crippen molar-refractivity contribution >= 4 is 80.1 Å². The predicted octanol–water partition coefficient (Wildman–Crippen LogP) is 6.62. The number of nitrogens with one attached hydrogen (secondary N) is 1. The molecule has 2 heterocycles. The van der Waals surface area contributed by atoms with Gasteiger partial charge in [0.2, 0.25) is 5.91 Å². The van der Waals surface area contributed by atoms with Crippen molar-refractivity contribution in [2.24, 2.45) is 0 Å². The molecule has 1 aliphatic rings. The van der Waals surface area contributed by atoms with Crippen LogP contribution in [0.2, 0.25) is 5.02 Å². The second-order valence-electron chi connectivity index (χ2n) is 7.90. The van der Waals surface area contributed by atoms with E-state index in [1.54, 1.807) is 16.8 Å². The highest BCUT2D eigenvalue weighted by Crippen LogP contribution is 2.38. The molecule has 1 aliphatic heterocycles. The molecule has 0 radical (unpaired) electrons. The number of anilines is 2. The molecule has 180 valence electrons. The Hall–Kier alpha value is -3.53. The Morgan fingerprint density at radius 3 is 2.58 bits per heavy atom. The summed E-state index contributed by atoms with van der Waals surface area (Å²) in [5, 5.41) is 3.49. The van der Waals surface area contributed by atoms with Crippen molar-refractivity contribution in [3.8, 4) is 0 Å². The van der Waals surface area contributed by atoms with Crippen LogP contribution in [0.1, 0.15) is 5.56 Å². The third-order valence-electron chi connectivity index (χ3n) is 5.50. The average molecular weight is 540 g/mol. The number of aromatic nitrogens is 1. The summed E-state index contributed by atoms with van der Waals surface area (Å²) in [4.78, 5) is 27.5. The van der Waals surface area contributed by atoms with E-state index in [1.807, 2.05) is 24.3 Å². The van der Waals surface area contributed by atoms with Gasteiger partial charge in [0, 0.05) is 28.4 Å². The number of carbonyl (C=O) groups is 2. The fourth-order valence-electron chi connectivity index (χ4n) is 3.87. The summed E-state index contributed by atoms with van der Waals surface area (Å²) < 4.78 is 28.8. The second kappa shape index (κ2) is 9.85. The summed E-state index contributed by atoms with van der Waals surface area (Å²) in [6, 6.07) is 17.0. The minimum absolute atomic E-state index is 0.0147. The molecule has 36 heavy (non-hydrogen) atoms. The monoisotopic (exact) mass is 539 g/mol. The molecule has 0 unspecified atom stereocenters. The van der Waals surface area contributed by atoms with Crippen LogP contribution in [0.3, 0.4) is 0 Å². The molecule has 0 atom stereocenters. The van der Waals surface area contributed by atoms with Crippen LogP contribution in [0.5, 0.6) is 0 Å². The number of nitrogens with zero attached hydrogens (tertiary/aromatic N) is 2. The van der Waals surface area contributed by atoms with Crippen LogP contribution in [-0.2, 0) is 16.1 Å². The molecule has 0 aliphatic carbocycles.